The molecular weight excluding hydrogens is 286 g/mol. The van der Waals surface area contributed by atoms with Crippen LogP contribution in [0.4, 0.5) is 11.4 Å². The minimum atomic E-state index is -0.458. The van der Waals surface area contributed by atoms with Crippen LogP contribution in [0.15, 0.2) is 29.1 Å². The number of pyridine rings is 1. The number of nitrogens with zero attached hydrogens (tertiary/aromatic N) is 1. The lowest BCUT2D eigenvalue weighted by Gasteiger charge is -2.19. The summed E-state index contributed by atoms with van der Waals surface area (Å²) in [5.74, 6) is 0.486. The van der Waals surface area contributed by atoms with E-state index in [1.807, 2.05) is 0 Å². The summed E-state index contributed by atoms with van der Waals surface area (Å²) in [7, 11) is 0. The van der Waals surface area contributed by atoms with Crippen molar-refractivity contribution in [3.05, 3.63) is 44.7 Å². The van der Waals surface area contributed by atoms with E-state index in [0.717, 1.165) is 12.8 Å². The lowest BCUT2D eigenvalue weighted by atomic mass is 10.1. The molecule has 1 aromatic heterocycles. The quantitative estimate of drug-likeness (QED) is 0.559. The minimum Gasteiger partial charge on any atom is -0.396 e. The van der Waals surface area contributed by atoms with Crippen LogP contribution in [0.1, 0.15) is 19.3 Å². The highest BCUT2D eigenvalue weighted by atomic mass is 16.6. The van der Waals surface area contributed by atoms with E-state index in [1.54, 1.807) is 0 Å². The van der Waals surface area contributed by atoms with Crippen LogP contribution >= 0.6 is 0 Å². The van der Waals surface area contributed by atoms with Crippen molar-refractivity contribution in [3.63, 3.8) is 0 Å². The Kier molecular flexibility index (Phi) is 3.81. The number of aromatic nitrogens is 1. The Balaban J connectivity index is 2.04. The Morgan fingerprint density at radius 1 is 1.41 bits per heavy atom. The van der Waals surface area contributed by atoms with Crippen LogP contribution in [0, 0.1) is 16.0 Å². The molecule has 1 fully saturated rings. The Bertz CT molecular complexity index is 767. The summed E-state index contributed by atoms with van der Waals surface area (Å²) in [6, 6.07) is 5.86. The molecule has 1 atom stereocenters. The van der Waals surface area contributed by atoms with Crippen LogP contribution in [0.25, 0.3) is 10.9 Å². The Morgan fingerprint density at radius 3 is 2.82 bits per heavy atom. The standard InChI is InChI=1S/C15H17N3O4/c19-6-5-12(9-1-2-9)16-14-8-15(20)17-13-4-3-10(18(21)22)7-11(13)14/h3-4,7-9,12,19H,1-2,5-6H2,(H2,16,17,20). The molecule has 7 heteroatoms. The molecule has 7 nitrogen and oxygen atoms in total. The van der Waals surface area contributed by atoms with Crippen LogP contribution < -0.4 is 10.9 Å². The van der Waals surface area contributed by atoms with Crippen molar-refractivity contribution in [2.45, 2.75) is 25.3 Å². The zero-order valence-corrected chi connectivity index (χ0v) is 11.9. The molecule has 1 aliphatic rings. The second kappa shape index (κ2) is 5.76. The summed E-state index contributed by atoms with van der Waals surface area (Å²) in [6.07, 6.45) is 2.78. The SMILES string of the molecule is O=c1cc(NC(CCO)C2CC2)c2cc([N+](=O)[O-])ccc2[nH]1. The number of H-pyrrole nitrogens is 1. The molecule has 0 saturated heterocycles. The first kappa shape index (κ1) is 14.5. The first-order valence-electron chi connectivity index (χ1n) is 7.27. The fourth-order valence-corrected chi connectivity index (χ4v) is 2.74. The Hall–Kier alpha value is -2.41. The predicted octanol–water partition coefficient (Wildman–Crippen LogP) is 2.01. The molecule has 0 radical (unpaired) electrons. The van der Waals surface area contributed by atoms with Gasteiger partial charge >= 0.3 is 0 Å². The maximum absolute atomic E-state index is 11.8. The molecule has 3 N–H and O–H groups in total. The molecule has 0 spiro atoms. The van der Waals surface area contributed by atoms with Crippen molar-refractivity contribution in [2.24, 2.45) is 5.92 Å². The molecule has 1 unspecified atom stereocenters. The van der Waals surface area contributed by atoms with Crippen LogP contribution in [-0.4, -0.2) is 27.7 Å². The van der Waals surface area contributed by atoms with Crippen molar-refractivity contribution in [1.29, 1.82) is 0 Å². The molecule has 3 rings (SSSR count). The van der Waals surface area contributed by atoms with Gasteiger partial charge < -0.3 is 15.4 Å². The van der Waals surface area contributed by atoms with Crippen molar-refractivity contribution < 1.29 is 10.0 Å². The first-order chi connectivity index (χ1) is 10.6. The molecule has 0 bridgehead atoms. The van der Waals surface area contributed by atoms with Gasteiger partial charge in [0.2, 0.25) is 5.56 Å². The van der Waals surface area contributed by atoms with E-state index in [2.05, 4.69) is 10.3 Å². The lowest BCUT2D eigenvalue weighted by molar-refractivity contribution is -0.384. The second-order valence-electron chi connectivity index (χ2n) is 5.63. The number of hydrogen-bond acceptors (Lipinski definition) is 5. The second-order valence-corrected chi connectivity index (χ2v) is 5.63. The molecule has 0 aliphatic heterocycles. The molecule has 22 heavy (non-hydrogen) atoms. The number of fused-ring (bicyclic) bond motifs is 1. The van der Waals surface area contributed by atoms with Crippen LogP contribution in [0.5, 0.6) is 0 Å². The van der Waals surface area contributed by atoms with Gasteiger partial charge in [-0.25, -0.2) is 0 Å². The van der Waals surface area contributed by atoms with Crippen LogP contribution in [0.3, 0.4) is 0 Å². The third-order valence-corrected chi connectivity index (χ3v) is 4.01. The number of nitro groups is 1. The third kappa shape index (κ3) is 2.94. The predicted molar refractivity (Wildman–Crippen MR) is 83.1 cm³/mol. The zero-order valence-electron chi connectivity index (χ0n) is 11.9. The molecule has 1 heterocycles. The third-order valence-electron chi connectivity index (χ3n) is 4.01. The highest BCUT2D eigenvalue weighted by molar-refractivity contribution is 5.92. The Morgan fingerprint density at radius 2 is 2.18 bits per heavy atom. The summed E-state index contributed by atoms with van der Waals surface area (Å²) in [5.41, 5.74) is 0.849. The van der Waals surface area contributed by atoms with Crippen LogP contribution in [0.2, 0.25) is 0 Å². The fourth-order valence-electron chi connectivity index (χ4n) is 2.74. The fraction of sp³-hybridized carbons (Fsp3) is 0.400. The van der Waals surface area contributed by atoms with E-state index in [-0.39, 0.29) is 23.9 Å². The zero-order chi connectivity index (χ0) is 15.7. The lowest BCUT2D eigenvalue weighted by Crippen LogP contribution is -2.24. The van der Waals surface area contributed by atoms with Gasteiger partial charge in [0.15, 0.2) is 0 Å². The van der Waals surface area contributed by atoms with Gasteiger partial charge in [-0.3, -0.25) is 14.9 Å². The van der Waals surface area contributed by atoms with Gasteiger partial charge in [0, 0.05) is 41.9 Å². The summed E-state index contributed by atoms with van der Waals surface area (Å²) in [6.45, 7) is 0.0649. The molecule has 1 aromatic carbocycles. The highest BCUT2D eigenvalue weighted by Crippen LogP contribution is 2.36. The molecule has 0 amide bonds. The van der Waals surface area contributed by atoms with Gasteiger partial charge in [-0.1, -0.05) is 0 Å². The highest BCUT2D eigenvalue weighted by Gasteiger charge is 2.31. The number of nitro benzene ring substituents is 1. The number of non-ortho nitro benzene ring substituents is 1. The Labute approximate surface area is 126 Å². The topological polar surface area (TPSA) is 108 Å². The maximum Gasteiger partial charge on any atom is 0.270 e. The number of nitrogens with one attached hydrogen (secondary N) is 2. The minimum absolute atomic E-state index is 0.0206. The van der Waals surface area contributed by atoms with Gasteiger partial charge in [0.05, 0.1) is 10.4 Å². The molecule has 1 aliphatic carbocycles. The van der Waals surface area contributed by atoms with Gasteiger partial charge in [0.25, 0.3) is 5.69 Å². The molecule has 116 valence electrons. The van der Waals surface area contributed by atoms with Gasteiger partial charge in [-0.2, -0.15) is 0 Å². The summed E-state index contributed by atoms with van der Waals surface area (Å²) < 4.78 is 0. The number of anilines is 1. The number of aromatic amines is 1. The van der Waals surface area contributed by atoms with E-state index >= 15 is 0 Å². The molecular formula is C15H17N3O4. The monoisotopic (exact) mass is 303 g/mol. The summed E-state index contributed by atoms with van der Waals surface area (Å²) in [4.78, 5) is 24.9. The van der Waals surface area contributed by atoms with Crippen LogP contribution in [-0.2, 0) is 0 Å². The van der Waals surface area contributed by atoms with Crippen molar-refractivity contribution in [1.82, 2.24) is 4.98 Å². The number of aliphatic hydroxyl groups excluding tert-OH is 1. The van der Waals surface area contributed by atoms with Gasteiger partial charge in [-0.05, 0) is 31.2 Å². The number of aliphatic hydroxyl groups is 1. The van der Waals surface area contributed by atoms with Crippen molar-refractivity contribution in [2.75, 3.05) is 11.9 Å². The van der Waals surface area contributed by atoms with Crippen molar-refractivity contribution in [3.8, 4) is 0 Å². The van der Waals surface area contributed by atoms with E-state index in [1.165, 1.54) is 24.3 Å². The van der Waals surface area contributed by atoms with Gasteiger partial charge in [-0.15, -0.1) is 0 Å². The first-order valence-corrected chi connectivity index (χ1v) is 7.27. The summed E-state index contributed by atoms with van der Waals surface area (Å²) in [5, 5.41) is 24.0. The summed E-state index contributed by atoms with van der Waals surface area (Å²) >= 11 is 0. The number of hydrogen-bond donors (Lipinski definition) is 3. The number of benzene rings is 1. The average Bonchev–Trinajstić information content (AvgIpc) is 3.30. The van der Waals surface area contributed by atoms with E-state index in [9.17, 15) is 20.0 Å². The maximum atomic E-state index is 11.8. The number of rotatable bonds is 6. The normalized spacial score (nSPS) is 15.7. The van der Waals surface area contributed by atoms with E-state index in [0.29, 0.717) is 28.9 Å². The van der Waals surface area contributed by atoms with E-state index in [4.69, 9.17) is 0 Å². The molecule has 1 saturated carbocycles. The molecule has 2 aromatic rings. The smallest absolute Gasteiger partial charge is 0.270 e. The largest absolute Gasteiger partial charge is 0.396 e. The van der Waals surface area contributed by atoms with E-state index < -0.39 is 4.92 Å². The average molecular weight is 303 g/mol. The van der Waals surface area contributed by atoms with Gasteiger partial charge in [0.1, 0.15) is 0 Å². The van der Waals surface area contributed by atoms with Crippen molar-refractivity contribution >= 4 is 22.3 Å².